The number of rotatable bonds is 9. The average Bonchev–Trinajstić information content (AvgIpc) is 3.84. The first-order valence-corrected chi connectivity index (χ1v) is 18.2. The number of nitrogens with zero attached hydrogens (tertiary/aromatic N) is 9. The predicted octanol–water partition coefficient (Wildman–Crippen LogP) is 5.09. The van der Waals surface area contributed by atoms with E-state index in [1.807, 2.05) is 11.0 Å². The van der Waals surface area contributed by atoms with Crippen LogP contribution in [0.15, 0.2) is 36.8 Å². The van der Waals surface area contributed by atoms with Gasteiger partial charge in [-0.3, -0.25) is 19.6 Å². The molecular weight excluding hydrogens is 633 g/mol. The number of carbonyl (C=O) groups excluding carboxylic acids is 1. The fourth-order valence-electron chi connectivity index (χ4n) is 9.17. The number of pyridine rings is 1. The van der Waals surface area contributed by atoms with Crippen molar-refractivity contribution in [1.29, 1.82) is 5.26 Å². The number of aromatic nitrogens is 4. The largest absolute Gasteiger partial charge is 0.434 e. The number of amides is 1. The zero-order valence-corrected chi connectivity index (χ0v) is 29.3. The minimum absolute atomic E-state index is 0.189. The van der Waals surface area contributed by atoms with Crippen molar-refractivity contribution in [2.75, 3.05) is 57.3 Å². The maximum absolute atomic E-state index is 14.7. The highest BCUT2D eigenvalue weighted by Crippen LogP contribution is 2.49. The second kappa shape index (κ2) is 13.2. The average molecular weight is 680 g/mol. The van der Waals surface area contributed by atoms with Crippen molar-refractivity contribution < 1.29 is 13.9 Å². The van der Waals surface area contributed by atoms with Gasteiger partial charge in [0.25, 0.3) is 5.88 Å². The van der Waals surface area contributed by atoms with Gasteiger partial charge in [-0.2, -0.15) is 5.26 Å². The van der Waals surface area contributed by atoms with Crippen LogP contribution in [0.3, 0.4) is 0 Å². The standard InChI is InChI=1S/C38H46FN9O2/c1-24(2)35(28-15-30(16-28)46-12-10-45(11-13-46)25(3)49)48-21-38(22-48)8-9-47(20-38)36-37(44-43-23-42-36)50-33-7-6-29(39)17-32(33)34-31(27-4-5-27)14-26(18-40)19-41-34/h6-7,14,17,19,23-24,27-28,30,35H,4-5,8-13,15-16,20-22H2,1-3H3/t28?,30?,35-/m0/s1. The quantitative estimate of drug-likeness (QED) is 0.303. The van der Waals surface area contributed by atoms with Gasteiger partial charge in [-0.1, -0.05) is 13.8 Å². The SMILES string of the molecule is CC(=O)N1CCN(C2CC([C@H](C(C)C)N3CC4(CCN(c5ncnnc5Oc5ccc(F)cc5-c5ncc(C#N)cc5C5CC5)C4)C3)C2)CC1. The summed E-state index contributed by atoms with van der Waals surface area (Å²) in [7, 11) is 0. The van der Waals surface area contributed by atoms with Crippen molar-refractivity contribution in [3.8, 4) is 29.0 Å². The van der Waals surface area contributed by atoms with E-state index in [0.29, 0.717) is 64.1 Å². The molecule has 2 aliphatic carbocycles. The fourth-order valence-corrected chi connectivity index (χ4v) is 9.17. The van der Waals surface area contributed by atoms with Crippen LogP contribution in [0.5, 0.6) is 11.6 Å². The summed E-state index contributed by atoms with van der Waals surface area (Å²) < 4.78 is 21.1. The summed E-state index contributed by atoms with van der Waals surface area (Å²) in [4.78, 5) is 30.6. The van der Waals surface area contributed by atoms with Crippen LogP contribution in [0.1, 0.15) is 69.9 Å². The van der Waals surface area contributed by atoms with Crippen LogP contribution in [-0.2, 0) is 4.79 Å². The maximum atomic E-state index is 14.7. The van der Waals surface area contributed by atoms with E-state index in [9.17, 15) is 14.4 Å². The maximum Gasteiger partial charge on any atom is 0.282 e. The third-order valence-corrected chi connectivity index (χ3v) is 11.9. The summed E-state index contributed by atoms with van der Waals surface area (Å²) >= 11 is 0. The zero-order valence-electron chi connectivity index (χ0n) is 29.3. The van der Waals surface area contributed by atoms with Gasteiger partial charge in [0.15, 0.2) is 5.82 Å². The molecule has 0 unspecified atom stereocenters. The lowest BCUT2D eigenvalue weighted by Gasteiger charge is -2.58. The van der Waals surface area contributed by atoms with Crippen LogP contribution in [0.2, 0.25) is 0 Å². The minimum Gasteiger partial charge on any atom is -0.434 e. The molecule has 3 aliphatic heterocycles. The summed E-state index contributed by atoms with van der Waals surface area (Å²) in [6.07, 6.45) is 8.59. The van der Waals surface area contributed by atoms with Gasteiger partial charge >= 0.3 is 0 Å². The first-order valence-electron chi connectivity index (χ1n) is 18.2. The first-order chi connectivity index (χ1) is 24.2. The number of piperazine rings is 1. The Morgan fingerprint density at radius 1 is 1.06 bits per heavy atom. The van der Waals surface area contributed by atoms with Crippen molar-refractivity contribution >= 4 is 11.7 Å². The Labute approximate surface area is 293 Å². The molecule has 1 spiro atoms. The Morgan fingerprint density at radius 2 is 1.84 bits per heavy atom. The Kier molecular flexibility index (Phi) is 8.68. The zero-order chi connectivity index (χ0) is 34.6. The van der Waals surface area contributed by atoms with Crippen LogP contribution >= 0.6 is 0 Å². The minimum atomic E-state index is -0.390. The molecule has 5 fully saturated rings. The number of halogens is 1. The molecule has 2 saturated carbocycles. The molecule has 1 aromatic carbocycles. The molecule has 12 heteroatoms. The van der Waals surface area contributed by atoms with Gasteiger partial charge in [0.2, 0.25) is 5.91 Å². The Morgan fingerprint density at radius 3 is 2.54 bits per heavy atom. The van der Waals surface area contributed by atoms with Crippen LogP contribution in [-0.4, -0.2) is 105 Å². The predicted molar refractivity (Wildman–Crippen MR) is 186 cm³/mol. The molecular formula is C38H46FN9O2. The van der Waals surface area contributed by atoms with Crippen molar-refractivity contribution in [1.82, 2.24) is 34.9 Å². The Bertz CT molecular complexity index is 1790. The molecule has 3 saturated heterocycles. The summed E-state index contributed by atoms with van der Waals surface area (Å²) in [5.74, 6) is 2.77. The second-order valence-electron chi connectivity index (χ2n) is 15.6. The van der Waals surface area contributed by atoms with Gasteiger partial charge in [0.05, 0.1) is 11.3 Å². The van der Waals surface area contributed by atoms with E-state index in [1.165, 1.54) is 37.5 Å². The van der Waals surface area contributed by atoms with Crippen molar-refractivity contribution in [3.63, 3.8) is 0 Å². The molecule has 0 N–H and O–H groups in total. The normalized spacial score (nSPS) is 24.2. The molecule has 50 heavy (non-hydrogen) atoms. The second-order valence-corrected chi connectivity index (χ2v) is 15.6. The Hall–Kier alpha value is -4.21. The van der Waals surface area contributed by atoms with Crippen LogP contribution in [0, 0.1) is 34.4 Å². The summed E-state index contributed by atoms with van der Waals surface area (Å²) in [6, 6.07) is 9.69. The lowest BCUT2D eigenvalue weighted by Crippen LogP contribution is -2.66. The van der Waals surface area contributed by atoms with Crippen molar-refractivity contribution in [3.05, 3.63) is 53.7 Å². The summed E-state index contributed by atoms with van der Waals surface area (Å²) in [6.45, 7) is 14.0. The van der Waals surface area contributed by atoms with E-state index in [2.05, 4.69) is 54.8 Å². The lowest BCUT2D eigenvalue weighted by molar-refractivity contribution is -0.132. The van der Waals surface area contributed by atoms with Crippen LogP contribution < -0.4 is 9.64 Å². The van der Waals surface area contributed by atoms with E-state index >= 15 is 0 Å². The van der Waals surface area contributed by atoms with E-state index in [0.717, 1.165) is 77.2 Å². The molecule has 1 atom stereocenters. The molecule has 0 bridgehead atoms. The molecule has 2 aromatic heterocycles. The van der Waals surface area contributed by atoms with Crippen molar-refractivity contribution in [2.45, 2.75) is 70.9 Å². The number of anilines is 1. The number of ether oxygens (including phenoxy) is 1. The van der Waals surface area contributed by atoms with Gasteiger partial charge in [-0.25, -0.2) is 9.37 Å². The molecule has 8 rings (SSSR count). The summed E-state index contributed by atoms with van der Waals surface area (Å²) in [5, 5.41) is 17.9. The molecule has 3 aromatic rings. The number of hydrogen-bond acceptors (Lipinski definition) is 10. The number of carbonyl (C=O) groups is 1. The monoisotopic (exact) mass is 679 g/mol. The fraction of sp³-hybridized carbons (Fsp3) is 0.579. The van der Waals surface area contributed by atoms with Gasteiger partial charge in [-0.15, -0.1) is 10.2 Å². The number of nitriles is 1. The number of hydrogen-bond donors (Lipinski definition) is 0. The van der Waals surface area contributed by atoms with Crippen LogP contribution in [0.4, 0.5) is 10.2 Å². The topological polar surface area (TPSA) is 115 Å². The van der Waals surface area contributed by atoms with Gasteiger partial charge in [0, 0.05) is 88.5 Å². The van der Waals surface area contributed by atoms with Gasteiger partial charge < -0.3 is 14.5 Å². The van der Waals surface area contributed by atoms with E-state index < -0.39 is 5.82 Å². The molecule has 5 heterocycles. The van der Waals surface area contributed by atoms with E-state index in [1.54, 1.807) is 13.0 Å². The van der Waals surface area contributed by atoms with Crippen molar-refractivity contribution in [2.24, 2.45) is 17.3 Å². The highest BCUT2D eigenvalue weighted by molar-refractivity contribution is 5.73. The lowest BCUT2D eigenvalue weighted by atomic mass is 9.68. The van der Waals surface area contributed by atoms with Gasteiger partial charge in [-0.05, 0) is 79.7 Å². The van der Waals surface area contributed by atoms with E-state index in [-0.39, 0.29) is 11.3 Å². The van der Waals surface area contributed by atoms with Crippen LogP contribution in [0.25, 0.3) is 11.3 Å². The number of benzene rings is 1. The molecule has 0 radical (unpaired) electrons. The van der Waals surface area contributed by atoms with Gasteiger partial charge in [0.1, 0.15) is 24.0 Å². The first kappa shape index (κ1) is 33.0. The molecule has 11 nitrogen and oxygen atoms in total. The highest BCUT2D eigenvalue weighted by atomic mass is 19.1. The molecule has 1 amide bonds. The highest BCUT2D eigenvalue weighted by Gasteiger charge is 2.53. The third-order valence-electron chi connectivity index (χ3n) is 11.9. The molecule has 5 aliphatic rings. The Balaban J connectivity index is 0.934. The summed E-state index contributed by atoms with van der Waals surface area (Å²) in [5.41, 5.74) is 2.79. The van der Waals surface area contributed by atoms with E-state index in [4.69, 9.17) is 4.74 Å². The smallest absolute Gasteiger partial charge is 0.282 e. The number of likely N-dealkylation sites (tertiary alicyclic amines) is 1. The molecule has 262 valence electrons. The third kappa shape index (κ3) is 6.30.